The lowest BCUT2D eigenvalue weighted by molar-refractivity contribution is 0.0956. The molecule has 0 atom stereocenters. The Hall–Kier alpha value is -3.48. The van der Waals surface area contributed by atoms with E-state index in [4.69, 9.17) is 4.74 Å². The lowest BCUT2D eigenvalue weighted by Gasteiger charge is -2.07. The van der Waals surface area contributed by atoms with Crippen molar-refractivity contribution in [1.82, 2.24) is 10.4 Å². The van der Waals surface area contributed by atoms with Crippen molar-refractivity contribution < 1.29 is 19.0 Å². The number of phenols is 1. The van der Waals surface area contributed by atoms with Crippen molar-refractivity contribution in [2.75, 3.05) is 7.11 Å². The number of rotatable bonds is 4. The number of aromatic hydroxyl groups is 1. The number of phenolic OH excluding ortho intramolecular Hbond substituents is 1. The van der Waals surface area contributed by atoms with E-state index >= 15 is 0 Å². The summed E-state index contributed by atoms with van der Waals surface area (Å²) >= 11 is 0. The number of benzene rings is 2. The molecule has 26 heavy (non-hydrogen) atoms. The Balaban J connectivity index is 1.87. The maximum absolute atomic E-state index is 13.5. The Bertz CT molecular complexity index is 1020. The van der Waals surface area contributed by atoms with Gasteiger partial charge in [0.1, 0.15) is 5.82 Å². The van der Waals surface area contributed by atoms with Crippen molar-refractivity contribution in [3.63, 3.8) is 0 Å². The fourth-order valence-corrected chi connectivity index (χ4v) is 2.55. The first kappa shape index (κ1) is 17.3. The van der Waals surface area contributed by atoms with Gasteiger partial charge >= 0.3 is 0 Å². The van der Waals surface area contributed by atoms with E-state index in [9.17, 15) is 14.3 Å². The SMILES string of the molecule is COc1cccc(/C=N/NC(=O)c2cc(C)nc3ccc(F)cc23)c1O. The summed E-state index contributed by atoms with van der Waals surface area (Å²) in [6, 6.07) is 10.5. The summed E-state index contributed by atoms with van der Waals surface area (Å²) in [5, 5.41) is 14.3. The van der Waals surface area contributed by atoms with Crippen LogP contribution in [-0.2, 0) is 0 Å². The van der Waals surface area contributed by atoms with E-state index in [0.717, 1.165) is 0 Å². The number of hydrogen-bond acceptors (Lipinski definition) is 5. The molecule has 6 nitrogen and oxygen atoms in total. The summed E-state index contributed by atoms with van der Waals surface area (Å²) in [4.78, 5) is 16.7. The number of hydrazone groups is 1. The van der Waals surface area contributed by atoms with Gasteiger partial charge in [-0.3, -0.25) is 9.78 Å². The highest BCUT2D eigenvalue weighted by Crippen LogP contribution is 2.28. The van der Waals surface area contributed by atoms with Gasteiger partial charge in [0.05, 0.1) is 24.4 Å². The zero-order chi connectivity index (χ0) is 18.7. The summed E-state index contributed by atoms with van der Waals surface area (Å²) in [6.07, 6.45) is 1.30. The third-order valence-electron chi connectivity index (χ3n) is 3.76. The van der Waals surface area contributed by atoms with Crippen molar-refractivity contribution in [3.05, 3.63) is 65.1 Å². The number of aromatic nitrogens is 1. The van der Waals surface area contributed by atoms with E-state index in [1.165, 1.54) is 31.5 Å². The third-order valence-corrected chi connectivity index (χ3v) is 3.76. The molecule has 1 amide bonds. The lowest BCUT2D eigenvalue weighted by Crippen LogP contribution is -2.18. The number of carbonyl (C=O) groups excluding carboxylic acids is 1. The number of aryl methyl sites for hydroxylation is 1. The van der Waals surface area contributed by atoms with Gasteiger partial charge in [-0.2, -0.15) is 5.10 Å². The van der Waals surface area contributed by atoms with Gasteiger partial charge < -0.3 is 9.84 Å². The first-order chi connectivity index (χ1) is 12.5. The topological polar surface area (TPSA) is 83.8 Å². The zero-order valence-corrected chi connectivity index (χ0v) is 14.2. The Morgan fingerprint density at radius 2 is 2.12 bits per heavy atom. The number of fused-ring (bicyclic) bond motifs is 1. The van der Waals surface area contributed by atoms with Crippen LogP contribution in [0.2, 0.25) is 0 Å². The molecule has 3 rings (SSSR count). The third kappa shape index (κ3) is 3.46. The molecule has 0 radical (unpaired) electrons. The highest BCUT2D eigenvalue weighted by molar-refractivity contribution is 6.06. The summed E-state index contributed by atoms with van der Waals surface area (Å²) in [5.41, 5.74) is 4.17. The Kier molecular flexibility index (Phi) is 4.79. The molecule has 3 aromatic rings. The summed E-state index contributed by atoms with van der Waals surface area (Å²) in [6.45, 7) is 1.75. The molecule has 0 saturated carbocycles. The van der Waals surface area contributed by atoms with E-state index in [1.54, 1.807) is 31.2 Å². The maximum Gasteiger partial charge on any atom is 0.272 e. The fraction of sp³-hybridized carbons (Fsp3) is 0.105. The molecule has 0 saturated heterocycles. The molecule has 0 bridgehead atoms. The van der Waals surface area contributed by atoms with Gasteiger partial charge in [0, 0.05) is 16.6 Å². The van der Waals surface area contributed by atoms with Crippen LogP contribution < -0.4 is 10.2 Å². The van der Waals surface area contributed by atoms with Crippen LogP contribution >= 0.6 is 0 Å². The van der Waals surface area contributed by atoms with E-state index in [0.29, 0.717) is 27.9 Å². The van der Waals surface area contributed by atoms with Crippen molar-refractivity contribution >= 4 is 23.0 Å². The van der Waals surface area contributed by atoms with Crippen LogP contribution in [0.15, 0.2) is 47.6 Å². The van der Waals surface area contributed by atoms with Crippen LogP contribution in [0.25, 0.3) is 10.9 Å². The number of nitrogens with zero attached hydrogens (tertiary/aromatic N) is 2. The number of nitrogens with one attached hydrogen (secondary N) is 1. The largest absolute Gasteiger partial charge is 0.504 e. The highest BCUT2D eigenvalue weighted by atomic mass is 19.1. The first-order valence-electron chi connectivity index (χ1n) is 7.76. The molecule has 0 fully saturated rings. The molecule has 1 heterocycles. The molecule has 7 heteroatoms. The van der Waals surface area contributed by atoms with Crippen LogP contribution in [-0.4, -0.2) is 29.3 Å². The second-order valence-corrected chi connectivity index (χ2v) is 5.57. The van der Waals surface area contributed by atoms with Gasteiger partial charge in [-0.25, -0.2) is 9.82 Å². The van der Waals surface area contributed by atoms with E-state index in [2.05, 4.69) is 15.5 Å². The highest BCUT2D eigenvalue weighted by Gasteiger charge is 2.12. The van der Waals surface area contributed by atoms with Crippen LogP contribution in [0.3, 0.4) is 0 Å². The number of hydrogen-bond donors (Lipinski definition) is 2. The van der Waals surface area contributed by atoms with Crippen molar-refractivity contribution in [2.24, 2.45) is 5.10 Å². The molecular weight excluding hydrogens is 337 g/mol. The lowest BCUT2D eigenvalue weighted by atomic mass is 10.1. The van der Waals surface area contributed by atoms with Crippen LogP contribution in [0, 0.1) is 12.7 Å². The number of pyridine rings is 1. The number of para-hydroxylation sites is 1. The minimum atomic E-state index is -0.510. The van der Waals surface area contributed by atoms with Crippen LogP contribution in [0.1, 0.15) is 21.6 Å². The Labute approximate surface area is 148 Å². The maximum atomic E-state index is 13.5. The predicted octanol–water partition coefficient (Wildman–Crippen LogP) is 3.16. The van der Waals surface area contributed by atoms with Crippen molar-refractivity contribution in [3.8, 4) is 11.5 Å². The van der Waals surface area contributed by atoms with Gasteiger partial charge in [-0.15, -0.1) is 0 Å². The van der Waals surface area contributed by atoms with E-state index in [-0.39, 0.29) is 11.3 Å². The van der Waals surface area contributed by atoms with Crippen molar-refractivity contribution in [1.29, 1.82) is 0 Å². The normalized spacial score (nSPS) is 11.0. The molecule has 2 aromatic carbocycles. The molecule has 132 valence electrons. The minimum absolute atomic E-state index is 0.0831. The number of amides is 1. The molecule has 0 aliphatic rings. The van der Waals surface area contributed by atoms with Crippen LogP contribution in [0.4, 0.5) is 4.39 Å². The van der Waals surface area contributed by atoms with Crippen molar-refractivity contribution in [2.45, 2.75) is 6.92 Å². The molecule has 0 unspecified atom stereocenters. The number of ether oxygens (including phenoxy) is 1. The molecule has 0 aliphatic heterocycles. The van der Waals surface area contributed by atoms with Crippen LogP contribution in [0.5, 0.6) is 11.5 Å². The number of methoxy groups -OCH3 is 1. The summed E-state index contributed by atoms with van der Waals surface area (Å²) in [5.74, 6) is -0.751. The number of carbonyl (C=O) groups is 1. The van der Waals surface area contributed by atoms with Gasteiger partial charge in [-0.1, -0.05) is 6.07 Å². The quantitative estimate of drug-likeness (QED) is 0.557. The minimum Gasteiger partial charge on any atom is -0.504 e. The standard InChI is InChI=1S/C19H16FN3O3/c1-11-8-15(14-9-13(20)6-7-16(14)22-11)19(25)23-21-10-12-4-3-5-17(26-2)18(12)24/h3-10,24H,1-2H3,(H,23,25)/b21-10+. The Morgan fingerprint density at radius 3 is 2.88 bits per heavy atom. The Morgan fingerprint density at radius 1 is 1.31 bits per heavy atom. The molecule has 0 aliphatic carbocycles. The molecule has 1 aromatic heterocycles. The second-order valence-electron chi connectivity index (χ2n) is 5.57. The van der Waals surface area contributed by atoms with Gasteiger partial charge in [0.15, 0.2) is 11.5 Å². The average Bonchev–Trinajstić information content (AvgIpc) is 2.62. The fourth-order valence-electron chi connectivity index (χ4n) is 2.55. The zero-order valence-electron chi connectivity index (χ0n) is 14.2. The first-order valence-corrected chi connectivity index (χ1v) is 7.76. The monoisotopic (exact) mass is 353 g/mol. The second kappa shape index (κ2) is 7.18. The molecular formula is C19H16FN3O3. The van der Waals surface area contributed by atoms with E-state index < -0.39 is 11.7 Å². The average molecular weight is 353 g/mol. The summed E-state index contributed by atoms with van der Waals surface area (Å²) < 4.78 is 18.6. The molecule has 0 spiro atoms. The van der Waals surface area contributed by atoms with Gasteiger partial charge in [-0.05, 0) is 43.3 Å². The molecule has 2 N–H and O–H groups in total. The summed E-state index contributed by atoms with van der Waals surface area (Å²) in [7, 11) is 1.44. The van der Waals surface area contributed by atoms with Gasteiger partial charge in [0.25, 0.3) is 5.91 Å². The number of halogens is 1. The predicted molar refractivity (Wildman–Crippen MR) is 96.2 cm³/mol. The van der Waals surface area contributed by atoms with E-state index in [1.807, 2.05) is 0 Å². The smallest absolute Gasteiger partial charge is 0.272 e. The van der Waals surface area contributed by atoms with Gasteiger partial charge in [0.2, 0.25) is 0 Å².